The number of hydrogen-bond acceptors (Lipinski definition) is 5. The smallest absolute Gasteiger partial charge is 0.340 e. The van der Waals surface area contributed by atoms with Crippen LogP contribution in [-0.2, 0) is 4.74 Å². The summed E-state index contributed by atoms with van der Waals surface area (Å²) in [6.07, 6.45) is 0. The Bertz CT molecular complexity index is 601. The number of hydrogen-bond donors (Lipinski definition) is 2. The molecule has 0 saturated heterocycles. The molecule has 5 nitrogen and oxygen atoms in total. The van der Waals surface area contributed by atoms with E-state index in [2.05, 4.69) is 15.3 Å². The molecule has 19 heavy (non-hydrogen) atoms. The highest BCUT2D eigenvalue weighted by Gasteiger charge is 2.21. The van der Waals surface area contributed by atoms with Gasteiger partial charge in [-0.2, -0.15) is 0 Å². The second-order valence-electron chi connectivity index (χ2n) is 4.13. The standard InChI is InChI=1S/C13H17N3O2S/c1-5-18-12(17)10-7(2)11(15-8(10)3)9-6-19-13(14-4)16-9/h6,15H,5H2,1-4H3,(H,14,16). The molecular weight excluding hydrogens is 262 g/mol. The third-order valence-electron chi connectivity index (χ3n) is 2.89. The fourth-order valence-electron chi connectivity index (χ4n) is 2.02. The predicted octanol–water partition coefficient (Wildman–Crippen LogP) is 2.97. The Balaban J connectivity index is 2.43. The first-order valence-corrected chi connectivity index (χ1v) is 6.96. The summed E-state index contributed by atoms with van der Waals surface area (Å²) in [6.45, 7) is 5.95. The van der Waals surface area contributed by atoms with Gasteiger partial charge in [-0.1, -0.05) is 0 Å². The molecule has 0 saturated carbocycles. The van der Waals surface area contributed by atoms with Gasteiger partial charge in [-0.15, -0.1) is 11.3 Å². The molecule has 0 atom stereocenters. The van der Waals surface area contributed by atoms with Crippen LogP contribution in [0.2, 0.25) is 0 Å². The Morgan fingerprint density at radius 1 is 1.53 bits per heavy atom. The summed E-state index contributed by atoms with van der Waals surface area (Å²) in [6, 6.07) is 0. The van der Waals surface area contributed by atoms with Gasteiger partial charge < -0.3 is 15.0 Å². The van der Waals surface area contributed by atoms with Crippen LogP contribution in [0.15, 0.2) is 5.38 Å². The summed E-state index contributed by atoms with van der Waals surface area (Å²) in [4.78, 5) is 19.6. The number of nitrogens with one attached hydrogen (secondary N) is 2. The minimum absolute atomic E-state index is 0.288. The SMILES string of the molecule is CCOC(=O)c1c(C)[nH]c(-c2csc(NC)n2)c1C. The van der Waals surface area contributed by atoms with Gasteiger partial charge in [0, 0.05) is 18.1 Å². The molecule has 0 bridgehead atoms. The topological polar surface area (TPSA) is 67.0 Å². The highest BCUT2D eigenvalue weighted by atomic mass is 32.1. The lowest BCUT2D eigenvalue weighted by atomic mass is 10.1. The number of carbonyl (C=O) groups excluding carboxylic acids is 1. The molecule has 2 aromatic heterocycles. The van der Waals surface area contributed by atoms with Gasteiger partial charge in [0.25, 0.3) is 0 Å². The second-order valence-corrected chi connectivity index (χ2v) is 4.99. The van der Waals surface area contributed by atoms with Crippen molar-refractivity contribution >= 4 is 22.4 Å². The fourth-order valence-corrected chi connectivity index (χ4v) is 2.68. The number of rotatable bonds is 4. The lowest BCUT2D eigenvalue weighted by molar-refractivity contribution is 0.0525. The monoisotopic (exact) mass is 279 g/mol. The molecule has 0 amide bonds. The minimum Gasteiger partial charge on any atom is -0.462 e. The first kappa shape index (κ1) is 13.6. The maximum atomic E-state index is 11.9. The van der Waals surface area contributed by atoms with Crippen LogP contribution in [0.5, 0.6) is 0 Å². The molecule has 0 radical (unpaired) electrons. The Kier molecular flexibility index (Phi) is 3.90. The average Bonchev–Trinajstić information content (AvgIpc) is 2.94. The molecule has 0 unspecified atom stereocenters. The summed E-state index contributed by atoms with van der Waals surface area (Å²) in [7, 11) is 1.83. The van der Waals surface area contributed by atoms with Crippen molar-refractivity contribution in [3.63, 3.8) is 0 Å². The number of esters is 1. The minimum atomic E-state index is -0.288. The van der Waals surface area contributed by atoms with Gasteiger partial charge in [-0.25, -0.2) is 9.78 Å². The van der Waals surface area contributed by atoms with E-state index >= 15 is 0 Å². The van der Waals surface area contributed by atoms with Crippen LogP contribution in [0.3, 0.4) is 0 Å². The average molecular weight is 279 g/mol. The maximum absolute atomic E-state index is 11.9. The first-order chi connectivity index (χ1) is 9.08. The second kappa shape index (κ2) is 5.44. The summed E-state index contributed by atoms with van der Waals surface area (Å²) in [5, 5.41) is 5.81. The van der Waals surface area contributed by atoms with Crippen molar-refractivity contribution < 1.29 is 9.53 Å². The number of thiazole rings is 1. The van der Waals surface area contributed by atoms with Crippen LogP contribution >= 0.6 is 11.3 Å². The Morgan fingerprint density at radius 2 is 2.26 bits per heavy atom. The molecule has 102 valence electrons. The van der Waals surface area contributed by atoms with E-state index in [1.807, 2.05) is 26.3 Å². The lowest BCUT2D eigenvalue weighted by Crippen LogP contribution is -2.06. The molecule has 0 aromatic carbocycles. The normalized spacial score (nSPS) is 10.5. The number of aromatic nitrogens is 2. The molecule has 0 fully saturated rings. The van der Waals surface area contributed by atoms with Gasteiger partial charge in [0.15, 0.2) is 5.13 Å². The van der Waals surface area contributed by atoms with Crippen molar-refractivity contribution in [1.29, 1.82) is 0 Å². The van der Waals surface area contributed by atoms with Gasteiger partial charge in [0.05, 0.1) is 17.9 Å². The fraction of sp³-hybridized carbons (Fsp3) is 0.385. The van der Waals surface area contributed by atoms with Crippen LogP contribution in [0.4, 0.5) is 5.13 Å². The van der Waals surface area contributed by atoms with Crippen molar-refractivity contribution in [2.45, 2.75) is 20.8 Å². The van der Waals surface area contributed by atoms with Crippen LogP contribution in [-0.4, -0.2) is 29.6 Å². The van der Waals surface area contributed by atoms with E-state index in [-0.39, 0.29) is 5.97 Å². The molecular formula is C13H17N3O2S. The van der Waals surface area contributed by atoms with E-state index in [1.54, 1.807) is 6.92 Å². The van der Waals surface area contributed by atoms with Gasteiger partial charge >= 0.3 is 5.97 Å². The van der Waals surface area contributed by atoms with E-state index in [4.69, 9.17) is 4.74 Å². The highest BCUT2D eigenvalue weighted by molar-refractivity contribution is 7.14. The molecule has 0 spiro atoms. The van der Waals surface area contributed by atoms with Crippen molar-refractivity contribution in [2.24, 2.45) is 0 Å². The van der Waals surface area contributed by atoms with Crippen molar-refractivity contribution in [1.82, 2.24) is 9.97 Å². The summed E-state index contributed by atoms with van der Waals surface area (Å²) in [5.74, 6) is -0.288. The van der Waals surface area contributed by atoms with Gasteiger partial charge in [0.1, 0.15) is 5.69 Å². The van der Waals surface area contributed by atoms with E-state index in [0.717, 1.165) is 27.8 Å². The highest BCUT2D eigenvalue weighted by Crippen LogP contribution is 2.30. The lowest BCUT2D eigenvalue weighted by Gasteiger charge is -2.02. The van der Waals surface area contributed by atoms with E-state index in [1.165, 1.54) is 11.3 Å². The predicted molar refractivity (Wildman–Crippen MR) is 76.9 cm³/mol. The quantitative estimate of drug-likeness (QED) is 0.844. The maximum Gasteiger partial charge on any atom is 0.340 e. The van der Waals surface area contributed by atoms with Gasteiger partial charge in [0.2, 0.25) is 0 Å². The summed E-state index contributed by atoms with van der Waals surface area (Å²) in [5.41, 5.74) is 4.01. The zero-order chi connectivity index (χ0) is 14.0. The number of anilines is 1. The number of nitrogens with zero attached hydrogens (tertiary/aromatic N) is 1. The molecule has 2 aromatic rings. The number of carbonyl (C=O) groups is 1. The third kappa shape index (κ3) is 2.49. The van der Waals surface area contributed by atoms with Crippen molar-refractivity contribution in [3.8, 4) is 11.4 Å². The largest absolute Gasteiger partial charge is 0.462 e. The molecule has 2 rings (SSSR count). The Hall–Kier alpha value is -1.82. The van der Waals surface area contributed by atoms with Crippen molar-refractivity contribution in [2.75, 3.05) is 19.0 Å². The number of H-pyrrole nitrogens is 1. The van der Waals surface area contributed by atoms with Crippen molar-refractivity contribution in [3.05, 3.63) is 22.2 Å². The number of aryl methyl sites for hydroxylation is 1. The van der Waals surface area contributed by atoms with Crippen LogP contribution in [0, 0.1) is 13.8 Å². The van der Waals surface area contributed by atoms with Gasteiger partial charge in [-0.3, -0.25) is 0 Å². The molecule has 2 N–H and O–H groups in total. The van der Waals surface area contributed by atoms with Crippen LogP contribution < -0.4 is 5.32 Å². The third-order valence-corrected chi connectivity index (χ3v) is 3.75. The summed E-state index contributed by atoms with van der Waals surface area (Å²) < 4.78 is 5.08. The zero-order valence-electron chi connectivity index (χ0n) is 11.5. The van der Waals surface area contributed by atoms with Crippen LogP contribution in [0.25, 0.3) is 11.4 Å². The van der Waals surface area contributed by atoms with E-state index in [0.29, 0.717) is 12.2 Å². The number of aromatic amines is 1. The van der Waals surface area contributed by atoms with E-state index < -0.39 is 0 Å². The molecule has 0 aliphatic heterocycles. The Labute approximate surface area is 116 Å². The summed E-state index contributed by atoms with van der Waals surface area (Å²) >= 11 is 1.53. The van der Waals surface area contributed by atoms with Crippen LogP contribution in [0.1, 0.15) is 28.5 Å². The first-order valence-electron chi connectivity index (χ1n) is 6.08. The van der Waals surface area contributed by atoms with Gasteiger partial charge in [-0.05, 0) is 26.3 Å². The molecule has 6 heteroatoms. The van der Waals surface area contributed by atoms with E-state index in [9.17, 15) is 4.79 Å². The molecule has 2 heterocycles. The zero-order valence-corrected chi connectivity index (χ0v) is 12.3. The Morgan fingerprint density at radius 3 is 2.84 bits per heavy atom. The molecule has 0 aliphatic rings. The molecule has 0 aliphatic carbocycles. The number of ether oxygens (including phenoxy) is 1.